The Morgan fingerprint density at radius 1 is 1.27 bits per heavy atom. The van der Waals surface area contributed by atoms with Crippen molar-refractivity contribution in [2.24, 2.45) is 5.92 Å². The van der Waals surface area contributed by atoms with Gasteiger partial charge >= 0.3 is 5.97 Å². The van der Waals surface area contributed by atoms with Crippen molar-refractivity contribution in [3.8, 4) is 0 Å². The molecule has 0 saturated heterocycles. The van der Waals surface area contributed by atoms with Gasteiger partial charge in [-0.05, 0) is 25.7 Å². The van der Waals surface area contributed by atoms with Crippen LogP contribution in [0.4, 0.5) is 0 Å². The highest BCUT2D eigenvalue weighted by molar-refractivity contribution is 6.20. The van der Waals surface area contributed by atoms with Crippen LogP contribution in [0.3, 0.4) is 0 Å². The quantitative estimate of drug-likeness (QED) is 0.657. The largest absolute Gasteiger partial charge is 0.481 e. The van der Waals surface area contributed by atoms with Crippen LogP contribution in [-0.4, -0.2) is 16.5 Å². The number of hydrogen-bond donors (Lipinski definition) is 1. The Labute approximate surface area is 77.3 Å². The van der Waals surface area contributed by atoms with Crippen LogP contribution in [0.1, 0.15) is 25.7 Å². The van der Waals surface area contributed by atoms with E-state index in [-0.39, 0.29) is 23.7 Å². The van der Waals surface area contributed by atoms with Gasteiger partial charge < -0.3 is 5.11 Å². The van der Waals surface area contributed by atoms with E-state index in [1.807, 2.05) is 0 Å². The van der Waals surface area contributed by atoms with Crippen LogP contribution in [0.2, 0.25) is 0 Å². The lowest BCUT2D eigenvalue weighted by Crippen LogP contribution is -2.21. The van der Waals surface area contributed by atoms with Gasteiger partial charge in [0.05, 0.1) is 5.92 Å². The van der Waals surface area contributed by atoms with Crippen molar-refractivity contribution in [3.63, 3.8) is 0 Å². The molecule has 0 spiro atoms. The van der Waals surface area contributed by atoms with Gasteiger partial charge in [-0.3, -0.25) is 4.79 Å². The molecule has 0 amide bonds. The first-order valence-electron chi connectivity index (χ1n) is 3.57. The lowest BCUT2D eigenvalue weighted by molar-refractivity contribution is -0.142. The Kier molecular flexibility index (Phi) is 4.86. The summed E-state index contributed by atoms with van der Waals surface area (Å²) in [4.78, 5) is 10.4. The average molecular weight is 199 g/mol. The smallest absolute Gasteiger partial charge is 0.306 e. The van der Waals surface area contributed by atoms with Crippen molar-refractivity contribution in [3.05, 3.63) is 0 Å². The van der Waals surface area contributed by atoms with Gasteiger partial charge in [-0.25, -0.2) is 0 Å². The lowest BCUT2D eigenvalue weighted by atomic mass is 9.89. The highest BCUT2D eigenvalue weighted by Gasteiger charge is 2.24. The predicted octanol–water partition coefficient (Wildman–Crippen LogP) is 2.29. The molecule has 1 aliphatic carbocycles. The molecule has 1 rings (SSSR count). The minimum atomic E-state index is -0.663. The van der Waals surface area contributed by atoms with E-state index in [0.29, 0.717) is 0 Å². The van der Waals surface area contributed by atoms with Gasteiger partial charge in [0.15, 0.2) is 0 Å². The summed E-state index contributed by atoms with van der Waals surface area (Å²) in [6.45, 7) is 0. The van der Waals surface area contributed by atoms with Crippen LogP contribution < -0.4 is 0 Å². The molecule has 0 radical (unpaired) electrons. The molecule has 0 aromatic heterocycles. The molecule has 0 aliphatic heterocycles. The third kappa shape index (κ3) is 3.30. The zero-order valence-corrected chi connectivity index (χ0v) is 7.70. The standard InChI is InChI=1S/C7H11ClO2.ClH/c8-6-3-1-5(2-4-6)7(9)10;/h5-6H,1-4H2,(H,9,10);1H. The molecule has 2 nitrogen and oxygen atoms in total. The van der Waals surface area contributed by atoms with E-state index in [4.69, 9.17) is 16.7 Å². The van der Waals surface area contributed by atoms with Gasteiger partial charge in [-0.15, -0.1) is 24.0 Å². The first-order chi connectivity index (χ1) is 4.70. The lowest BCUT2D eigenvalue weighted by Gasteiger charge is -2.20. The van der Waals surface area contributed by atoms with E-state index in [1.165, 1.54) is 0 Å². The number of carboxylic acids is 1. The van der Waals surface area contributed by atoms with Crippen LogP contribution in [0.15, 0.2) is 0 Å². The van der Waals surface area contributed by atoms with Crippen LogP contribution in [0.5, 0.6) is 0 Å². The molecule has 0 bridgehead atoms. The van der Waals surface area contributed by atoms with Gasteiger partial charge in [-0.1, -0.05) is 0 Å². The molecular formula is C7H12Cl2O2. The molecule has 4 heteroatoms. The van der Waals surface area contributed by atoms with Gasteiger partial charge in [0.1, 0.15) is 0 Å². The second-order valence-electron chi connectivity index (χ2n) is 2.79. The summed E-state index contributed by atoms with van der Waals surface area (Å²) in [5, 5.41) is 8.80. The Hall–Kier alpha value is 0.0500. The number of aliphatic carboxylic acids is 1. The minimum absolute atomic E-state index is 0. The second-order valence-corrected chi connectivity index (χ2v) is 3.40. The van der Waals surface area contributed by atoms with Crippen molar-refractivity contribution in [1.29, 1.82) is 0 Å². The maximum absolute atomic E-state index is 10.4. The fourth-order valence-corrected chi connectivity index (χ4v) is 1.55. The molecule has 1 fully saturated rings. The summed E-state index contributed by atoms with van der Waals surface area (Å²) >= 11 is 5.79. The molecule has 1 aliphatic rings. The normalized spacial score (nSPS) is 30.6. The van der Waals surface area contributed by atoms with Crippen molar-refractivity contribution in [1.82, 2.24) is 0 Å². The maximum atomic E-state index is 10.4. The summed E-state index contributed by atoms with van der Waals surface area (Å²) < 4.78 is 0. The number of halogens is 2. The number of carbonyl (C=O) groups is 1. The maximum Gasteiger partial charge on any atom is 0.306 e. The van der Waals surface area contributed by atoms with Crippen LogP contribution >= 0.6 is 24.0 Å². The van der Waals surface area contributed by atoms with E-state index < -0.39 is 5.97 Å². The van der Waals surface area contributed by atoms with Crippen LogP contribution in [0.25, 0.3) is 0 Å². The summed E-state index contributed by atoms with van der Waals surface area (Å²) in [5.41, 5.74) is 0. The summed E-state index contributed by atoms with van der Waals surface area (Å²) in [6.07, 6.45) is 3.23. The minimum Gasteiger partial charge on any atom is -0.481 e. The average Bonchev–Trinajstić information content (AvgIpc) is 1.88. The van der Waals surface area contributed by atoms with E-state index in [9.17, 15) is 4.79 Å². The molecule has 66 valence electrons. The molecule has 0 aromatic rings. The second kappa shape index (κ2) is 4.83. The fraction of sp³-hybridized carbons (Fsp3) is 0.857. The number of rotatable bonds is 1. The Bertz CT molecular complexity index is 130. The highest BCUT2D eigenvalue weighted by atomic mass is 35.5. The van der Waals surface area contributed by atoms with Gasteiger partial charge in [0.25, 0.3) is 0 Å². The van der Waals surface area contributed by atoms with E-state index >= 15 is 0 Å². The van der Waals surface area contributed by atoms with E-state index in [0.717, 1.165) is 25.7 Å². The predicted molar refractivity (Wildman–Crippen MR) is 46.5 cm³/mol. The first kappa shape index (κ1) is 11.1. The molecule has 0 unspecified atom stereocenters. The zero-order chi connectivity index (χ0) is 7.56. The summed E-state index contributed by atoms with van der Waals surface area (Å²) in [5.74, 6) is -0.793. The molecular weight excluding hydrogens is 187 g/mol. The fourth-order valence-electron chi connectivity index (χ4n) is 1.30. The molecule has 1 saturated carbocycles. The molecule has 1 N–H and O–H groups in total. The zero-order valence-electron chi connectivity index (χ0n) is 6.12. The van der Waals surface area contributed by atoms with Gasteiger partial charge in [0.2, 0.25) is 0 Å². The van der Waals surface area contributed by atoms with Crippen molar-refractivity contribution in [2.45, 2.75) is 31.1 Å². The number of hydrogen-bond acceptors (Lipinski definition) is 1. The molecule has 0 heterocycles. The monoisotopic (exact) mass is 198 g/mol. The van der Waals surface area contributed by atoms with Crippen molar-refractivity contribution in [2.75, 3.05) is 0 Å². The topological polar surface area (TPSA) is 37.3 Å². The highest BCUT2D eigenvalue weighted by Crippen LogP contribution is 2.27. The summed E-state index contributed by atoms with van der Waals surface area (Å²) in [6, 6.07) is 0. The van der Waals surface area contributed by atoms with Crippen molar-refractivity contribution < 1.29 is 9.90 Å². The summed E-state index contributed by atoms with van der Waals surface area (Å²) in [7, 11) is 0. The Morgan fingerprint density at radius 2 is 1.73 bits per heavy atom. The molecule has 0 aromatic carbocycles. The van der Waals surface area contributed by atoms with E-state index in [2.05, 4.69) is 0 Å². The molecule has 0 atom stereocenters. The SMILES string of the molecule is Cl.O=C(O)C1CCC(Cl)CC1. The van der Waals surface area contributed by atoms with E-state index in [1.54, 1.807) is 0 Å². The third-order valence-corrected chi connectivity index (χ3v) is 2.44. The third-order valence-electron chi connectivity index (χ3n) is 2.01. The number of carboxylic acid groups (broad SMARTS) is 1. The Morgan fingerprint density at radius 3 is 2.09 bits per heavy atom. The van der Waals surface area contributed by atoms with Gasteiger partial charge in [0, 0.05) is 5.38 Å². The number of alkyl halides is 1. The van der Waals surface area contributed by atoms with Gasteiger partial charge in [-0.2, -0.15) is 0 Å². The first-order valence-corrected chi connectivity index (χ1v) is 4.00. The van der Waals surface area contributed by atoms with Crippen molar-refractivity contribution >= 4 is 30.0 Å². The molecule has 11 heavy (non-hydrogen) atoms. The van der Waals surface area contributed by atoms with Crippen LogP contribution in [0, 0.1) is 5.92 Å². The van der Waals surface area contributed by atoms with Crippen LogP contribution in [-0.2, 0) is 4.79 Å². The Balaban J connectivity index is 0.000001000.